The molecule has 2 atom stereocenters. The van der Waals surface area contributed by atoms with E-state index in [2.05, 4.69) is 48.0 Å². The molecule has 7 rings (SSSR count). The van der Waals surface area contributed by atoms with Crippen LogP contribution in [0.5, 0.6) is 0 Å². The first-order chi connectivity index (χ1) is 34.7. The highest BCUT2D eigenvalue weighted by Crippen LogP contribution is 2.41. The van der Waals surface area contributed by atoms with Crippen molar-refractivity contribution in [2.24, 2.45) is 5.92 Å². The van der Waals surface area contributed by atoms with E-state index >= 15 is 0 Å². The fourth-order valence-corrected chi connectivity index (χ4v) is 9.84. The Morgan fingerprint density at radius 1 is 1.01 bits per heavy atom. The summed E-state index contributed by atoms with van der Waals surface area (Å²) in [4.78, 5) is 95.0. The molecule has 0 spiro atoms. The lowest BCUT2D eigenvalue weighted by Gasteiger charge is -2.41. The lowest BCUT2D eigenvalue weighted by atomic mass is 9.85. The van der Waals surface area contributed by atoms with Crippen molar-refractivity contribution in [2.45, 2.75) is 121 Å². The number of cyclic esters (lactones) is 1. The van der Waals surface area contributed by atoms with Gasteiger partial charge in [0.05, 0.1) is 41.1 Å². The van der Waals surface area contributed by atoms with Gasteiger partial charge in [0, 0.05) is 73.8 Å². The number of esters is 1. The van der Waals surface area contributed by atoms with Crippen LogP contribution >= 0.6 is 0 Å². The van der Waals surface area contributed by atoms with Gasteiger partial charge in [0.25, 0.3) is 5.56 Å². The monoisotopic (exact) mass is 1030 g/mol. The topological polar surface area (TPSA) is 270 Å². The molecule has 3 aliphatic heterocycles. The van der Waals surface area contributed by atoms with Crippen LogP contribution in [0.2, 0.25) is 0 Å². The summed E-state index contributed by atoms with van der Waals surface area (Å²) >= 11 is 0. The Hall–Kier alpha value is -6.67. The Kier molecular flexibility index (Phi) is 16.8. The van der Waals surface area contributed by atoms with Crippen LogP contribution in [0.3, 0.4) is 0 Å². The predicted octanol–water partition coefficient (Wildman–Crippen LogP) is 2.19. The van der Waals surface area contributed by atoms with Crippen molar-refractivity contribution in [1.82, 2.24) is 45.7 Å². The van der Waals surface area contributed by atoms with Crippen molar-refractivity contribution in [3.8, 4) is 23.2 Å². The van der Waals surface area contributed by atoms with Gasteiger partial charge < -0.3 is 45.3 Å². The van der Waals surface area contributed by atoms with Crippen LogP contribution in [-0.2, 0) is 68.5 Å². The number of nitrogens with zero attached hydrogens (tertiary/aromatic N) is 5. The minimum Gasteiger partial charge on any atom is -0.458 e. The molecule has 0 saturated carbocycles. The number of fused-ring (bicyclic) bond motifs is 5. The standard InChI is InChI=1S/C51H62FN9O11S/c1-7-51(68)37-22-40-44-35(27-61(40)46(65)36(37)28-72-48(51)67)33(34-21-31(5)38(52)23-39(34)57-44)14-12-20-71-29-56-42(63)26-53-47(66)50(16-18-60(8-2)19-17-50)59-45(64)43(30(3)4)58-41(62)15-11-9-10-13-32-24-54-49(55-25-32)73(6,69)70/h21-25,30,43,68H,7-9,11-12,14-20,26-29H2,1-6H3,(H,53,66)(H,56,63)(H,58,62)(H,59,64)/t43?,51-/m0/s1. The van der Waals surface area contributed by atoms with Crippen molar-refractivity contribution < 1.29 is 51.4 Å². The van der Waals surface area contributed by atoms with Crippen molar-refractivity contribution in [3.63, 3.8) is 0 Å². The molecule has 1 saturated heterocycles. The Morgan fingerprint density at radius 2 is 1.74 bits per heavy atom. The first kappa shape index (κ1) is 54.1. The number of sulfone groups is 1. The zero-order valence-corrected chi connectivity index (χ0v) is 42.7. The Morgan fingerprint density at radius 3 is 2.41 bits per heavy atom. The van der Waals surface area contributed by atoms with E-state index < -0.39 is 68.6 Å². The third-order valence-corrected chi connectivity index (χ3v) is 14.6. The predicted molar refractivity (Wildman–Crippen MR) is 264 cm³/mol. The molecule has 22 heteroatoms. The van der Waals surface area contributed by atoms with Gasteiger partial charge in [-0.25, -0.2) is 32.6 Å². The summed E-state index contributed by atoms with van der Waals surface area (Å²) in [5.41, 5.74) is 0.257. The molecule has 73 heavy (non-hydrogen) atoms. The second-order valence-corrected chi connectivity index (χ2v) is 21.0. The van der Waals surface area contributed by atoms with Gasteiger partial charge in [0.15, 0.2) is 5.60 Å². The van der Waals surface area contributed by atoms with Gasteiger partial charge in [-0.1, -0.05) is 39.5 Å². The average molecular weight is 1030 g/mol. The molecule has 4 amide bonds. The number of aliphatic hydroxyl groups is 1. The number of carbonyl (C=O) groups is 5. The van der Waals surface area contributed by atoms with Crippen LogP contribution in [0.25, 0.3) is 22.3 Å². The number of aromatic nitrogens is 4. The molecule has 20 nitrogen and oxygen atoms in total. The number of hydrogen-bond donors (Lipinski definition) is 5. The van der Waals surface area contributed by atoms with Crippen LogP contribution in [0, 0.1) is 30.5 Å². The number of unbranched alkanes of at least 4 members (excludes halogenated alkanes) is 1. The molecule has 6 heterocycles. The second-order valence-electron chi connectivity index (χ2n) is 19.1. The minimum absolute atomic E-state index is 0.0109. The van der Waals surface area contributed by atoms with E-state index in [4.69, 9.17) is 14.5 Å². The third kappa shape index (κ3) is 11.9. The number of nitrogens with one attached hydrogen (secondary N) is 4. The Balaban J connectivity index is 0.917. The number of pyridine rings is 2. The van der Waals surface area contributed by atoms with E-state index in [1.165, 1.54) is 23.0 Å². The van der Waals surface area contributed by atoms with Gasteiger partial charge in [0.2, 0.25) is 38.6 Å². The van der Waals surface area contributed by atoms with Crippen molar-refractivity contribution in [1.29, 1.82) is 0 Å². The van der Waals surface area contributed by atoms with Gasteiger partial charge in [-0.15, -0.1) is 0 Å². The molecule has 5 N–H and O–H groups in total. The fraction of sp³-hybridized carbons (Fsp3) is 0.510. The molecule has 0 aliphatic carbocycles. The van der Waals surface area contributed by atoms with Crippen molar-refractivity contribution in [2.75, 3.05) is 45.8 Å². The smallest absolute Gasteiger partial charge is 0.343 e. The van der Waals surface area contributed by atoms with Gasteiger partial charge >= 0.3 is 5.97 Å². The van der Waals surface area contributed by atoms with Crippen molar-refractivity contribution >= 4 is 50.3 Å². The lowest BCUT2D eigenvalue weighted by Crippen LogP contribution is -2.66. The highest BCUT2D eigenvalue weighted by atomic mass is 32.2. The molecular formula is C51H62FN9O11S. The van der Waals surface area contributed by atoms with E-state index in [-0.39, 0.29) is 80.3 Å². The van der Waals surface area contributed by atoms with Gasteiger partial charge in [-0.2, -0.15) is 0 Å². The second kappa shape index (κ2) is 22.6. The van der Waals surface area contributed by atoms with Gasteiger partial charge in [-0.3, -0.25) is 24.0 Å². The molecular weight excluding hydrogens is 966 g/mol. The summed E-state index contributed by atoms with van der Waals surface area (Å²) in [6.45, 7) is 10.1. The first-order valence-corrected chi connectivity index (χ1v) is 26.3. The molecule has 1 fully saturated rings. The number of ether oxygens (including phenoxy) is 2. The normalized spacial score (nSPS) is 17.4. The van der Waals surface area contributed by atoms with Crippen LogP contribution < -0.4 is 26.8 Å². The lowest BCUT2D eigenvalue weighted by molar-refractivity contribution is -0.172. The molecule has 1 unspecified atom stereocenters. The maximum Gasteiger partial charge on any atom is 0.343 e. The Labute approximate surface area is 422 Å². The van der Waals surface area contributed by atoms with Crippen LogP contribution in [-0.4, -0.2) is 125 Å². The number of halogens is 1. The Bertz CT molecular complexity index is 3050. The number of piperidine rings is 1. The molecule has 0 radical (unpaired) electrons. The summed E-state index contributed by atoms with van der Waals surface area (Å²) in [6, 6.07) is 3.73. The van der Waals surface area contributed by atoms with Crippen LogP contribution in [0.15, 0.2) is 40.5 Å². The molecule has 4 aromatic rings. The van der Waals surface area contributed by atoms with Gasteiger partial charge in [0.1, 0.15) is 30.7 Å². The molecule has 3 aromatic heterocycles. The van der Waals surface area contributed by atoms with Crippen molar-refractivity contribution in [3.05, 3.63) is 80.1 Å². The maximum atomic E-state index is 15.0. The number of amides is 4. The first-order valence-electron chi connectivity index (χ1n) is 24.5. The summed E-state index contributed by atoms with van der Waals surface area (Å²) < 4.78 is 50.7. The van der Waals surface area contributed by atoms with Gasteiger partial charge in [-0.05, 0) is 81.2 Å². The molecule has 3 aliphatic rings. The number of rotatable bonds is 19. The van der Waals surface area contributed by atoms with Crippen LogP contribution in [0.4, 0.5) is 4.39 Å². The molecule has 390 valence electrons. The van der Waals surface area contributed by atoms with Crippen LogP contribution in [0.1, 0.15) is 106 Å². The maximum absolute atomic E-state index is 15.0. The number of carbonyl (C=O) groups excluding carboxylic acids is 5. The largest absolute Gasteiger partial charge is 0.458 e. The highest BCUT2D eigenvalue weighted by Gasteiger charge is 2.46. The number of likely N-dealkylation sites (tertiary alicyclic amines) is 1. The number of hydrogen-bond acceptors (Lipinski definition) is 15. The average Bonchev–Trinajstić information content (AvgIpc) is 3.73. The zero-order valence-electron chi connectivity index (χ0n) is 41.9. The number of aryl methyl sites for hydroxylation is 2. The van der Waals surface area contributed by atoms with E-state index in [9.17, 15) is 46.7 Å². The highest BCUT2D eigenvalue weighted by molar-refractivity contribution is 7.90. The summed E-state index contributed by atoms with van der Waals surface area (Å²) in [6.07, 6.45) is 5.85. The summed E-state index contributed by atoms with van der Waals surface area (Å²) in [5.74, 6) is 2.18. The minimum atomic E-state index is -3.54. The van der Waals surface area contributed by atoms with E-state index in [0.717, 1.165) is 23.9 Å². The summed E-state index contributed by atoms with van der Waals surface area (Å²) in [5, 5.41) is 22.8. The fourth-order valence-electron chi connectivity index (χ4n) is 9.35. The zero-order chi connectivity index (χ0) is 52.8. The molecule has 0 bridgehead atoms. The summed E-state index contributed by atoms with van der Waals surface area (Å²) in [7, 11) is -3.54. The van der Waals surface area contributed by atoms with E-state index in [1.54, 1.807) is 39.8 Å². The molecule has 1 aromatic carbocycles. The quantitative estimate of drug-likeness (QED) is 0.0261. The SMILES string of the molecule is CCN1CCC(NC(=O)C(NC(=O)CCCC#Cc2cnc(S(C)(=O)=O)nc2)C(C)C)(C(=O)NCC(=O)NCOCCCc2c3c(nc4cc(F)c(C)cc24)-c2cc4c(c(=O)n2C3)COC(=O)[C@]4(O)CC)CC1. The van der Waals surface area contributed by atoms with E-state index in [0.29, 0.717) is 72.2 Å². The van der Waals surface area contributed by atoms with E-state index in [1.807, 2.05) is 6.92 Å². The third-order valence-electron chi connectivity index (χ3n) is 13.7. The number of benzene rings is 1.